The average molecular weight is 174 g/mol. The highest BCUT2D eigenvalue weighted by Crippen LogP contribution is 2.30. The number of allylic oxidation sites excluding steroid dienone is 1. The maximum atomic E-state index is 10.2. The zero-order valence-electron chi connectivity index (χ0n) is 6.29. The lowest BCUT2D eigenvalue weighted by molar-refractivity contribution is 0.238. The fraction of sp³-hybridized carbons (Fsp3) is 0.714. The van der Waals surface area contributed by atoms with Crippen LogP contribution in [-0.2, 0) is 11.3 Å². The second-order valence-corrected chi connectivity index (χ2v) is 3.53. The number of hydrogen-bond donors (Lipinski definition) is 1. The van der Waals surface area contributed by atoms with Gasteiger partial charge < -0.3 is 4.55 Å². The average Bonchev–Trinajstić information content (AvgIpc) is 1.93. The van der Waals surface area contributed by atoms with Gasteiger partial charge in [0.05, 0.1) is 0 Å². The van der Waals surface area contributed by atoms with Gasteiger partial charge in [-0.3, -0.25) is 4.21 Å². The van der Waals surface area contributed by atoms with Gasteiger partial charge in [-0.2, -0.15) is 0 Å². The summed E-state index contributed by atoms with van der Waals surface area (Å²) in [6.07, 6.45) is 4.83. The Morgan fingerprint density at radius 3 is 2.82 bits per heavy atom. The first-order chi connectivity index (χ1) is 5.24. The van der Waals surface area contributed by atoms with Gasteiger partial charge in [-0.05, 0) is 25.2 Å². The zero-order valence-corrected chi connectivity index (χ0v) is 7.10. The summed E-state index contributed by atoms with van der Waals surface area (Å²) in [6.45, 7) is 3.61. The van der Waals surface area contributed by atoms with Crippen LogP contribution in [0, 0.1) is 5.92 Å². The summed E-state index contributed by atoms with van der Waals surface area (Å²) in [4.78, 5) is 0. The monoisotopic (exact) mass is 174 g/mol. The molecule has 1 saturated carbocycles. The van der Waals surface area contributed by atoms with E-state index in [1.54, 1.807) is 0 Å². The Hall–Kier alpha value is -0.190. The van der Waals surface area contributed by atoms with Crippen LogP contribution in [0.1, 0.15) is 19.3 Å². The minimum atomic E-state index is -2.10. The van der Waals surface area contributed by atoms with Gasteiger partial charge in [0.25, 0.3) is 0 Å². The SMILES string of the molecule is C=CC[C@@H]1CC[C@H]1NS(=O)[O-]. The lowest BCUT2D eigenvalue weighted by Crippen LogP contribution is -2.44. The number of nitrogens with one attached hydrogen (secondary N) is 1. The van der Waals surface area contributed by atoms with Crippen LogP contribution in [0.25, 0.3) is 0 Å². The van der Waals surface area contributed by atoms with Crippen molar-refractivity contribution in [1.29, 1.82) is 0 Å². The molecule has 0 saturated heterocycles. The molecule has 0 aromatic carbocycles. The topological polar surface area (TPSA) is 52.2 Å². The highest BCUT2D eigenvalue weighted by Gasteiger charge is 2.29. The van der Waals surface area contributed by atoms with Crippen molar-refractivity contribution < 1.29 is 8.76 Å². The molecule has 0 heterocycles. The third kappa shape index (κ3) is 2.39. The minimum absolute atomic E-state index is 0.159. The van der Waals surface area contributed by atoms with E-state index in [1.807, 2.05) is 6.08 Å². The molecule has 1 fully saturated rings. The predicted octanol–water partition coefficient (Wildman–Crippen LogP) is 0.725. The fourth-order valence-electron chi connectivity index (χ4n) is 1.34. The largest absolute Gasteiger partial charge is 0.760 e. The summed E-state index contributed by atoms with van der Waals surface area (Å²) in [5.74, 6) is 0.477. The van der Waals surface area contributed by atoms with E-state index in [9.17, 15) is 8.76 Å². The number of hydrogen-bond acceptors (Lipinski definition) is 2. The molecule has 1 rings (SSSR count). The van der Waals surface area contributed by atoms with Crippen molar-refractivity contribution in [1.82, 2.24) is 4.72 Å². The van der Waals surface area contributed by atoms with Crippen LogP contribution < -0.4 is 4.72 Å². The molecule has 3 nitrogen and oxygen atoms in total. The molecule has 0 radical (unpaired) electrons. The summed E-state index contributed by atoms with van der Waals surface area (Å²) in [5, 5.41) is 0. The molecular weight excluding hydrogens is 162 g/mol. The van der Waals surface area contributed by atoms with Crippen LogP contribution in [0.15, 0.2) is 12.7 Å². The summed E-state index contributed by atoms with van der Waals surface area (Å²) in [6, 6.07) is 0.159. The Kier molecular flexibility index (Phi) is 3.23. The Bertz CT molecular complexity index is 172. The van der Waals surface area contributed by atoms with Crippen LogP contribution in [0.4, 0.5) is 0 Å². The van der Waals surface area contributed by atoms with Crippen LogP contribution in [-0.4, -0.2) is 14.8 Å². The smallest absolute Gasteiger partial charge is 0.0215 e. The molecule has 0 aromatic heterocycles. The van der Waals surface area contributed by atoms with Gasteiger partial charge in [-0.25, -0.2) is 4.72 Å². The van der Waals surface area contributed by atoms with E-state index < -0.39 is 11.3 Å². The van der Waals surface area contributed by atoms with Gasteiger partial charge in [-0.1, -0.05) is 6.08 Å². The van der Waals surface area contributed by atoms with Crippen molar-refractivity contribution >= 4 is 11.3 Å². The Morgan fingerprint density at radius 1 is 1.73 bits per heavy atom. The van der Waals surface area contributed by atoms with Crippen molar-refractivity contribution in [3.8, 4) is 0 Å². The molecule has 0 aromatic rings. The van der Waals surface area contributed by atoms with Crippen LogP contribution in [0.3, 0.4) is 0 Å². The van der Waals surface area contributed by atoms with Gasteiger partial charge in [0, 0.05) is 17.3 Å². The third-order valence-corrected chi connectivity index (χ3v) is 2.63. The quantitative estimate of drug-likeness (QED) is 0.504. The zero-order chi connectivity index (χ0) is 8.27. The minimum Gasteiger partial charge on any atom is -0.760 e. The van der Waals surface area contributed by atoms with Crippen molar-refractivity contribution in [2.75, 3.05) is 0 Å². The maximum absolute atomic E-state index is 10.2. The van der Waals surface area contributed by atoms with E-state index in [2.05, 4.69) is 11.3 Å². The first-order valence-corrected chi connectivity index (χ1v) is 4.78. The lowest BCUT2D eigenvalue weighted by Gasteiger charge is -2.37. The van der Waals surface area contributed by atoms with Gasteiger partial charge >= 0.3 is 0 Å². The molecule has 0 bridgehead atoms. The van der Waals surface area contributed by atoms with E-state index in [0.29, 0.717) is 5.92 Å². The summed E-state index contributed by atoms with van der Waals surface area (Å²) < 4.78 is 22.9. The fourth-order valence-corrected chi connectivity index (χ4v) is 1.90. The summed E-state index contributed by atoms with van der Waals surface area (Å²) >= 11 is -2.10. The van der Waals surface area contributed by atoms with Crippen LogP contribution in [0.5, 0.6) is 0 Å². The normalized spacial score (nSPS) is 32.5. The summed E-state index contributed by atoms with van der Waals surface area (Å²) in [7, 11) is 0. The van der Waals surface area contributed by atoms with Crippen molar-refractivity contribution in [2.24, 2.45) is 5.92 Å². The highest BCUT2D eigenvalue weighted by atomic mass is 32.2. The van der Waals surface area contributed by atoms with Crippen molar-refractivity contribution in [3.63, 3.8) is 0 Å². The second-order valence-electron chi connectivity index (χ2n) is 2.82. The molecule has 0 aliphatic heterocycles. The van der Waals surface area contributed by atoms with Crippen molar-refractivity contribution in [3.05, 3.63) is 12.7 Å². The first-order valence-electron chi connectivity index (χ1n) is 3.70. The van der Waals surface area contributed by atoms with E-state index >= 15 is 0 Å². The van der Waals surface area contributed by atoms with Crippen LogP contribution >= 0.6 is 0 Å². The molecule has 64 valence electrons. The molecule has 0 amide bonds. The lowest BCUT2D eigenvalue weighted by atomic mass is 9.78. The second kappa shape index (κ2) is 3.99. The molecule has 1 aliphatic carbocycles. The molecule has 0 spiro atoms. The summed E-state index contributed by atoms with van der Waals surface area (Å²) in [5.41, 5.74) is 0. The third-order valence-electron chi connectivity index (χ3n) is 2.13. The highest BCUT2D eigenvalue weighted by molar-refractivity contribution is 7.77. The van der Waals surface area contributed by atoms with Gasteiger partial charge in [0.2, 0.25) is 0 Å². The molecule has 1 N–H and O–H groups in total. The van der Waals surface area contributed by atoms with E-state index in [1.165, 1.54) is 0 Å². The maximum Gasteiger partial charge on any atom is 0.0215 e. The van der Waals surface area contributed by atoms with E-state index in [0.717, 1.165) is 19.3 Å². The first kappa shape index (κ1) is 8.90. The molecule has 11 heavy (non-hydrogen) atoms. The molecule has 3 atom stereocenters. The molecule has 4 heteroatoms. The number of rotatable bonds is 4. The van der Waals surface area contributed by atoms with Gasteiger partial charge in [0.15, 0.2) is 0 Å². The van der Waals surface area contributed by atoms with E-state index in [4.69, 9.17) is 0 Å². The van der Waals surface area contributed by atoms with Gasteiger partial charge in [0.1, 0.15) is 0 Å². The molecule has 1 unspecified atom stereocenters. The van der Waals surface area contributed by atoms with Gasteiger partial charge in [-0.15, -0.1) is 6.58 Å². The molecular formula is C7H12NO2S-. The standard InChI is InChI=1S/C7H13NO2S/c1-2-3-6-4-5-7(6)8-11(9)10/h2,6-8H,1,3-5H2,(H,9,10)/p-1/t6-,7-/m1/s1. The Morgan fingerprint density at radius 2 is 2.45 bits per heavy atom. The van der Waals surface area contributed by atoms with Crippen molar-refractivity contribution in [2.45, 2.75) is 25.3 Å². The Balaban J connectivity index is 2.25. The van der Waals surface area contributed by atoms with E-state index in [-0.39, 0.29) is 6.04 Å². The Labute approximate surface area is 69.3 Å². The predicted molar refractivity (Wildman–Crippen MR) is 43.4 cm³/mol. The van der Waals surface area contributed by atoms with Crippen LogP contribution in [0.2, 0.25) is 0 Å². The molecule has 1 aliphatic rings.